The number of allylic oxidation sites excluding steroid dienone is 1. The van der Waals surface area contributed by atoms with Crippen LogP contribution in [0.3, 0.4) is 0 Å². The first-order chi connectivity index (χ1) is 6.91. The molecule has 0 aliphatic heterocycles. The van der Waals surface area contributed by atoms with Crippen LogP contribution in [-0.4, -0.2) is 19.6 Å². The number of unbranched alkanes of at least 4 members (excludes halogenated alkanes) is 3. The predicted molar refractivity (Wildman–Crippen MR) is 55.6 cm³/mol. The Morgan fingerprint density at radius 2 is 2.00 bits per heavy atom. The summed E-state index contributed by atoms with van der Waals surface area (Å²) in [5.41, 5.74) is 2.73. The Morgan fingerprint density at radius 1 is 1.29 bits per heavy atom. The van der Waals surface area contributed by atoms with E-state index < -0.39 is 0 Å². The summed E-state index contributed by atoms with van der Waals surface area (Å²) in [7, 11) is 0. The molecule has 4 nitrogen and oxygen atoms in total. The van der Waals surface area contributed by atoms with Crippen molar-refractivity contribution in [2.24, 2.45) is 0 Å². The van der Waals surface area contributed by atoms with Crippen molar-refractivity contribution < 1.29 is 14.4 Å². The monoisotopic (exact) mass is 201 g/mol. The lowest BCUT2D eigenvalue weighted by Gasteiger charge is -2.01. The van der Waals surface area contributed by atoms with E-state index in [-0.39, 0.29) is 0 Å². The Balaban J connectivity index is 0. The molecule has 0 radical (unpaired) electrons. The maximum atomic E-state index is 9.78. The Hall–Kier alpha value is -1.16. The van der Waals surface area contributed by atoms with Gasteiger partial charge in [0.25, 0.3) is 0 Å². The topological polar surface area (TPSA) is 55.4 Å². The van der Waals surface area contributed by atoms with Gasteiger partial charge in [-0.05, 0) is 6.42 Å². The van der Waals surface area contributed by atoms with Gasteiger partial charge in [0.1, 0.15) is 19.3 Å². The molecule has 0 bridgehead atoms. The molecule has 0 aromatic rings. The van der Waals surface area contributed by atoms with Crippen molar-refractivity contribution in [3.8, 4) is 0 Å². The van der Waals surface area contributed by atoms with Gasteiger partial charge in [0.05, 0.1) is 0 Å². The lowest BCUT2D eigenvalue weighted by atomic mass is 10.2. The minimum Gasteiger partial charge on any atom is -0.416 e. The number of hydrogen-bond acceptors (Lipinski definition) is 4. The summed E-state index contributed by atoms with van der Waals surface area (Å²) in [4.78, 5) is 22.6. The Labute approximate surface area is 85.3 Å². The molecule has 0 unspecified atom stereocenters. The zero-order valence-corrected chi connectivity index (χ0v) is 8.70. The fourth-order valence-corrected chi connectivity index (χ4v) is 0.802. The average Bonchev–Trinajstić information content (AvgIpc) is 2.25. The molecule has 0 aromatic heterocycles. The van der Waals surface area contributed by atoms with Crippen molar-refractivity contribution >= 4 is 13.1 Å². The highest BCUT2D eigenvalue weighted by Gasteiger charge is 1.85. The molecule has 0 atom stereocenters. The second kappa shape index (κ2) is 17.8. The van der Waals surface area contributed by atoms with Crippen molar-refractivity contribution in [2.45, 2.75) is 32.6 Å². The molecule has 4 heteroatoms. The van der Waals surface area contributed by atoms with Gasteiger partial charge in [-0.3, -0.25) is 4.79 Å². The molecule has 1 N–H and O–H groups in total. The first-order valence-corrected chi connectivity index (χ1v) is 4.69. The highest BCUT2D eigenvalue weighted by molar-refractivity contribution is 5.64. The number of hydroxylamine groups is 1. The zero-order valence-electron chi connectivity index (χ0n) is 8.70. The quantitative estimate of drug-likeness (QED) is 0.213. The number of carbonyl (C=O) groups is 2. The van der Waals surface area contributed by atoms with Gasteiger partial charge in [-0.15, -0.1) is 0 Å². The number of rotatable bonds is 8. The fraction of sp³-hybridized carbons (Fsp3) is 0.600. The molecular formula is C10H19NO3. The average molecular weight is 201 g/mol. The molecule has 0 fully saturated rings. The number of carbonyl (C=O) groups excluding carboxylic acids is 2. The van der Waals surface area contributed by atoms with Crippen LogP contribution in [-0.2, 0) is 14.4 Å². The summed E-state index contributed by atoms with van der Waals surface area (Å²) in [6.07, 6.45) is 8.18. The molecule has 0 aliphatic rings. The molecule has 14 heavy (non-hydrogen) atoms. The van der Waals surface area contributed by atoms with E-state index in [0.717, 1.165) is 13.0 Å². The lowest BCUT2D eigenvalue weighted by molar-refractivity contribution is -0.104. The smallest absolute Gasteiger partial charge is 0.145 e. The second-order valence-corrected chi connectivity index (χ2v) is 2.54. The summed E-state index contributed by atoms with van der Waals surface area (Å²) < 4.78 is 0. The molecule has 0 heterocycles. The van der Waals surface area contributed by atoms with Crippen molar-refractivity contribution in [1.29, 1.82) is 0 Å². The highest BCUT2D eigenvalue weighted by Crippen LogP contribution is 1.96. The van der Waals surface area contributed by atoms with Crippen LogP contribution in [0.1, 0.15) is 32.6 Å². The second-order valence-electron chi connectivity index (χ2n) is 2.54. The van der Waals surface area contributed by atoms with E-state index in [4.69, 9.17) is 9.63 Å². The standard InChI is InChI=1S/C9H17NO2.CH2O/c1-2-3-4-5-7-10-12-9-6-8-11;1-2/h6,8-10H,2-5,7H2,1H3;1H2/b9-6-;. The molecule has 0 saturated heterocycles. The van der Waals surface area contributed by atoms with E-state index >= 15 is 0 Å². The summed E-state index contributed by atoms with van der Waals surface area (Å²) in [5.74, 6) is 0. The van der Waals surface area contributed by atoms with Crippen LogP contribution in [0, 0.1) is 0 Å². The van der Waals surface area contributed by atoms with Gasteiger partial charge in [-0.25, -0.2) is 0 Å². The maximum absolute atomic E-state index is 9.78. The van der Waals surface area contributed by atoms with E-state index in [0.29, 0.717) is 6.29 Å². The molecular weight excluding hydrogens is 182 g/mol. The molecule has 0 saturated carbocycles. The van der Waals surface area contributed by atoms with E-state index in [1.165, 1.54) is 31.6 Å². The van der Waals surface area contributed by atoms with Crippen molar-refractivity contribution in [1.82, 2.24) is 5.48 Å². The lowest BCUT2D eigenvalue weighted by Crippen LogP contribution is -2.12. The largest absolute Gasteiger partial charge is 0.416 e. The SMILES string of the molecule is C=O.CCCCCCNO/C=C\C=O. The van der Waals surface area contributed by atoms with Gasteiger partial charge in [0.15, 0.2) is 0 Å². The van der Waals surface area contributed by atoms with Gasteiger partial charge >= 0.3 is 0 Å². The van der Waals surface area contributed by atoms with Crippen molar-refractivity contribution in [3.63, 3.8) is 0 Å². The minimum absolute atomic E-state index is 0.679. The van der Waals surface area contributed by atoms with Crippen molar-refractivity contribution in [2.75, 3.05) is 6.54 Å². The first kappa shape index (κ1) is 15.3. The van der Waals surface area contributed by atoms with E-state index in [9.17, 15) is 4.79 Å². The number of hydrogen-bond donors (Lipinski definition) is 1. The van der Waals surface area contributed by atoms with E-state index in [1.54, 1.807) is 0 Å². The predicted octanol–water partition coefficient (Wildman–Crippen LogP) is 1.62. The van der Waals surface area contributed by atoms with Gasteiger partial charge in [-0.2, -0.15) is 5.48 Å². The Morgan fingerprint density at radius 3 is 2.57 bits per heavy atom. The minimum atomic E-state index is 0.679. The van der Waals surface area contributed by atoms with Gasteiger partial charge in [0, 0.05) is 12.6 Å². The van der Waals surface area contributed by atoms with Crippen LogP contribution in [0.25, 0.3) is 0 Å². The third kappa shape index (κ3) is 17.1. The Bertz CT molecular complexity index is 137. The van der Waals surface area contributed by atoms with Gasteiger partial charge in [-0.1, -0.05) is 26.2 Å². The van der Waals surface area contributed by atoms with Crippen LogP contribution >= 0.6 is 0 Å². The molecule has 0 spiro atoms. The van der Waals surface area contributed by atoms with Gasteiger partial charge in [0.2, 0.25) is 0 Å². The molecule has 0 amide bonds. The highest BCUT2D eigenvalue weighted by atomic mass is 16.6. The van der Waals surface area contributed by atoms with Gasteiger partial charge < -0.3 is 9.63 Å². The third-order valence-electron chi connectivity index (χ3n) is 1.44. The summed E-state index contributed by atoms with van der Waals surface area (Å²) in [6.45, 7) is 5.01. The molecule has 82 valence electrons. The van der Waals surface area contributed by atoms with Crippen molar-refractivity contribution in [3.05, 3.63) is 12.3 Å². The fourth-order valence-electron chi connectivity index (χ4n) is 0.802. The first-order valence-electron chi connectivity index (χ1n) is 4.69. The van der Waals surface area contributed by atoms with E-state index in [1.807, 2.05) is 6.79 Å². The number of aldehydes is 1. The van der Waals surface area contributed by atoms with Crippen LogP contribution in [0.4, 0.5) is 0 Å². The maximum Gasteiger partial charge on any atom is 0.145 e. The summed E-state index contributed by atoms with van der Waals surface area (Å²) in [5, 5.41) is 0. The zero-order chi connectivity index (χ0) is 11.1. The molecule has 0 rings (SSSR count). The number of nitrogens with one attached hydrogen (secondary N) is 1. The van der Waals surface area contributed by atoms with Crippen LogP contribution in [0.5, 0.6) is 0 Å². The van der Waals surface area contributed by atoms with Crippen LogP contribution < -0.4 is 5.48 Å². The normalized spacial score (nSPS) is 9.21. The van der Waals surface area contributed by atoms with E-state index in [2.05, 4.69) is 12.4 Å². The molecule has 0 aromatic carbocycles. The van der Waals surface area contributed by atoms with Crippen LogP contribution in [0.2, 0.25) is 0 Å². The molecule has 0 aliphatic carbocycles. The summed E-state index contributed by atoms with van der Waals surface area (Å²) in [6, 6.07) is 0. The van der Waals surface area contributed by atoms with Crippen LogP contribution in [0.15, 0.2) is 12.3 Å². The third-order valence-corrected chi connectivity index (χ3v) is 1.44. The Kier molecular flexibility index (Phi) is 19.5. The summed E-state index contributed by atoms with van der Waals surface area (Å²) >= 11 is 0.